The van der Waals surface area contributed by atoms with E-state index in [4.69, 9.17) is 14.2 Å². The molecular weight excluding hydrogens is 380 g/mol. The van der Waals surface area contributed by atoms with E-state index in [0.29, 0.717) is 48.6 Å². The molecule has 30 heavy (non-hydrogen) atoms. The lowest BCUT2D eigenvalue weighted by molar-refractivity contribution is 0.0953. The summed E-state index contributed by atoms with van der Waals surface area (Å²) in [6.07, 6.45) is 0.752. The van der Waals surface area contributed by atoms with Crippen molar-refractivity contribution in [1.82, 2.24) is 5.43 Å². The summed E-state index contributed by atoms with van der Waals surface area (Å²) in [6, 6.07) is 13.2. The Kier molecular flexibility index (Phi) is 9.19. The van der Waals surface area contributed by atoms with Gasteiger partial charge in [0.05, 0.1) is 25.5 Å². The van der Waals surface area contributed by atoms with Crippen molar-refractivity contribution in [1.29, 1.82) is 0 Å². The highest BCUT2D eigenvalue weighted by Gasteiger charge is 2.18. The first-order valence-electron chi connectivity index (χ1n) is 10.5. The van der Waals surface area contributed by atoms with E-state index in [1.165, 1.54) is 0 Å². The van der Waals surface area contributed by atoms with Crippen molar-refractivity contribution in [2.45, 2.75) is 41.0 Å². The first-order chi connectivity index (χ1) is 14.5. The van der Waals surface area contributed by atoms with E-state index in [-0.39, 0.29) is 5.91 Å². The lowest BCUT2D eigenvalue weighted by Gasteiger charge is -2.17. The predicted octanol–water partition coefficient (Wildman–Crippen LogP) is 5.06. The molecule has 162 valence electrons. The summed E-state index contributed by atoms with van der Waals surface area (Å²) in [5, 5.41) is 4.42. The van der Waals surface area contributed by atoms with Gasteiger partial charge in [0.15, 0.2) is 11.5 Å². The Balaban J connectivity index is 2.35. The first kappa shape index (κ1) is 23.3. The Labute approximate surface area is 179 Å². The van der Waals surface area contributed by atoms with Crippen LogP contribution in [0.2, 0.25) is 0 Å². The summed E-state index contributed by atoms with van der Waals surface area (Å²) in [4.78, 5) is 12.9. The Morgan fingerprint density at radius 3 is 1.97 bits per heavy atom. The number of rotatable bonds is 11. The number of nitrogens with one attached hydrogen (secondary N) is 1. The van der Waals surface area contributed by atoms with Gasteiger partial charge in [-0.3, -0.25) is 4.79 Å². The second-order valence-corrected chi connectivity index (χ2v) is 7.06. The molecule has 0 unspecified atom stereocenters. The molecule has 6 nitrogen and oxygen atoms in total. The fourth-order valence-electron chi connectivity index (χ4n) is 2.95. The van der Waals surface area contributed by atoms with E-state index in [1.807, 2.05) is 51.1 Å². The Morgan fingerprint density at radius 2 is 1.47 bits per heavy atom. The molecule has 0 saturated carbocycles. The van der Waals surface area contributed by atoms with Crippen LogP contribution in [0.5, 0.6) is 17.2 Å². The van der Waals surface area contributed by atoms with Gasteiger partial charge < -0.3 is 14.2 Å². The van der Waals surface area contributed by atoms with Crippen LogP contribution in [0.25, 0.3) is 0 Å². The summed E-state index contributed by atoms with van der Waals surface area (Å²) < 4.78 is 17.1. The Bertz CT molecular complexity index is 821. The molecule has 0 bridgehead atoms. The zero-order chi connectivity index (χ0) is 21.9. The molecule has 2 aromatic carbocycles. The fraction of sp³-hybridized carbons (Fsp3) is 0.417. The zero-order valence-electron chi connectivity index (χ0n) is 18.5. The number of hydrogen-bond donors (Lipinski definition) is 1. The molecular formula is C24H32N2O4. The van der Waals surface area contributed by atoms with Crippen LogP contribution in [0.1, 0.15) is 57.0 Å². The average Bonchev–Trinajstić information content (AvgIpc) is 2.73. The molecule has 0 fully saturated rings. The summed E-state index contributed by atoms with van der Waals surface area (Å²) in [7, 11) is 0. The molecule has 1 amide bonds. The number of carbonyl (C=O) groups is 1. The second-order valence-electron chi connectivity index (χ2n) is 7.06. The van der Waals surface area contributed by atoms with Gasteiger partial charge in [0.1, 0.15) is 0 Å². The van der Waals surface area contributed by atoms with Crippen LogP contribution in [-0.4, -0.2) is 31.4 Å². The number of amides is 1. The van der Waals surface area contributed by atoms with E-state index in [1.54, 1.807) is 12.1 Å². The second kappa shape index (κ2) is 11.9. The molecule has 6 heteroatoms. The number of carbonyl (C=O) groups excluding carboxylic acids is 1. The molecule has 0 saturated heterocycles. The van der Waals surface area contributed by atoms with Gasteiger partial charge in [-0.2, -0.15) is 5.10 Å². The minimum atomic E-state index is -0.336. The molecule has 0 atom stereocenters. The molecule has 0 aliphatic rings. The third-order valence-corrected chi connectivity index (χ3v) is 4.17. The predicted molar refractivity (Wildman–Crippen MR) is 120 cm³/mol. The van der Waals surface area contributed by atoms with Gasteiger partial charge in [0.25, 0.3) is 5.91 Å². The minimum absolute atomic E-state index is 0.336. The molecule has 2 aromatic rings. The topological polar surface area (TPSA) is 69.2 Å². The summed E-state index contributed by atoms with van der Waals surface area (Å²) >= 11 is 0. The quantitative estimate of drug-likeness (QED) is 0.414. The number of hydrogen-bond acceptors (Lipinski definition) is 5. The molecule has 1 N–H and O–H groups in total. The third-order valence-electron chi connectivity index (χ3n) is 4.17. The smallest absolute Gasteiger partial charge is 0.271 e. The van der Waals surface area contributed by atoms with Crippen LogP contribution in [0, 0.1) is 5.92 Å². The maximum absolute atomic E-state index is 12.9. The van der Waals surface area contributed by atoms with Crippen LogP contribution in [0.4, 0.5) is 0 Å². The minimum Gasteiger partial charge on any atom is -0.490 e. The number of ether oxygens (including phenoxy) is 3. The van der Waals surface area contributed by atoms with Crippen LogP contribution in [0.15, 0.2) is 47.6 Å². The van der Waals surface area contributed by atoms with E-state index in [9.17, 15) is 4.79 Å². The largest absolute Gasteiger partial charge is 0.490 e. The highest BCUT2D eigenvalue weighted by atomic mass is 16.5. The molecule has 0 heterocycles. The van der Waals surface area contributed by atoms with Crippen molar-refractivity contribution < 1.29 is 19.0 Å². The normalized spacial score (nSPS) is 11.3. The molecule has 0 aromatic heterocycles. The average molecular weight is 413 g/mol. The van der Waals surface area contributed by atoms with E-state index in [0.717, 1.165) is 17.7 Å². The van der Waals surface area contributed by atoms with Crippen LogP contribution < -0.4 is 19.6 Å². The number of benzene rings is 2. The van der Waals surface area contributed by atoms with E-state index >= 15 is 0 Å². The van der Waals surface area contributed by atoms with Crippen molar-refractivity contribution in [2.24, 2.45) is 11.0 Å². The van der Waals surface area contributed by atoms with Gasteiger partial charge in [-0.05, 0) is 50.8 Å². The van der Waals surface area contributed by atoms with Gasteiger partial charge in [-0.1, -0.05) is 44.2 Å². The van der Waals surface area contributed by atoms with Gasteiger partial charge in [0, 0.05) is 5.56 Å². The molecule has 2 rings (SSSR count). The Hall–Kier alpha value is -3.02. The van der Waals surface area contributed by atoms with Gasteiger partial charge in [-0.15, -0.1) is 0 Å². The summed E-state index contributed by atoms with van der Waals surface area (Å²) in [6.45, 7) is 11.2. The van der Waals surface area contributed by atoms with Crippen LogP contribution in [0.3, 0.4) is 0 Å². The highest BCUT2D eigenvalue weighted by Crippen LogP contribution is 2.39. The fourth-order valence-corrected chi connectivity index (χ4v) is 2.95. The standard InChI is InChI=1S/C24H32N2O4/c1-6-28-21-15-19(16-22(29-7-2)23(21)30-8-3)24(27)26-25-20(14-17(4)5)18-12-10-9-11-13-18/h9-13,15-17H,6-8,14H2,1-5H3,(H,26,27)/b25-20+. The van der Waals surface area contributed by atoms with Crippen LogP contribution in [-0.2, 0) is 0 Å². The number of nitrogens with zero attached hydrogens (tertiary/aromatic N) is 1. The van der Waals surface area contributed by atoms with Crippen molar-refractivity contribution >= 4 is 11.6 Å². The van der Waals surface area contributed by atoms with Crippen molar-refractivity contribution in [3.05, 3.63) is 53.6 Å². The lowest BCUT2D eigenvalue weighted by Crippen LogP contribution is -2.21. The molecule has 0 aliphatic carbocycles. The van der Waals surface area contributed by atoms with Crippen molar-refractivity contribution in [3.63, 3.8) is 0 Å². The van der Waals surface area contributed by atoms with Gasteiger partial charge in [0.2, 0.25) is 5.75 Å². The SMILES string of the molecule is CCOc1cc(C(=O)N/N=C(\CC(C)C)c2ccccc2)cc(OCC)c1OCC. The van der Waals surface area contributed by atoms with Gasteiger partial charge >= 0.3 is 0 Å². The lowest BCUT2D eigenvalue weighted by atomic mass is 10.0. The first-order valence-corrected chi connectivity index (χ1v) is 10.5. The van der Waals surface area contributed by atoms with Crippen molar-refractivity contribution in [2.75, 3.05) is 19.8 Å². The Morgan fingerprint density at radius 1 is 0.900 bits per heavy atom. The number of hydrazone groups is 1. The zero-order valence-corrected chi connectivity index (χ0v) is 18.5. The van der Waals surface area contributed by atoms with Crippen molar-refractivity contribution in [3.8, 4) is 17.2 Å². The monoisotopic (exact) mass is 412 g/mol. The maximum Gasteiger partial charge on any atom is 0.271 e. The third kappa shape index (κ3) is 6.51. The summed E-state index contributed by atoms with van der Waals surface area (Å²) in [5.41, 5.74) is 4.91. The molecule has 0 aliphatic heterocycles. The maximum atomic E-state index is 12.9. The summed E-state index contributed by atoms with van der Waals surface area (Å²) in [5.74, 6) is 1.53. The van der Waals surface area contributed by atoms with E-state index < -0.39 is 0 Å². The molecule has 0 spiro atoms. The van der Waals surface area contributed by atoms with Crippen LogP contribution >= 0.6 is 0 Å². The highest BCUT2D eigenvalue weighted by molar-refractivity contribution is 6.02. The van der Waals surface area contributed by atoms with Gasteiger partial charge in [-0.25, -0.2) is 5.43 Å². The van der Waals surface area contributed by atoms with E-state index in [2.05, 4.69) is 24.4 Å². The molecule has 0 radical (unpaired) electrons.